The summed E-state index contributed by atoms with van der Waals surface area (Å²) in [5.41, 5.74) is 1.96. The number of amides is 1. The second-order valence-electron chi connectivity index (χ2n) is 5.89. The summed E-state index contributed by atoms with van der Waals surface area (Å²) < 4.78 is 2.25. The first-order valence-electron chi connectivity index (χ1n) is 7.96. The lowest BCUT2D eigenvalue weighted by Crippen LogP contribution is -2.49. The van der Waals surface area contributed by atoms with Crippen molar-refractivity contribution in [3.63, 3.8) is 0 Å². The molecular weight excluding hydrogens is 356 g/mol. The molecule has 1 amide bonds. The zero-order valence-corrected chi connectivity index (χ0v) is 15.5. The lowest BCUT2D eigenvalue weighted by molar-refractivity contribution is -0.310. The lowest BCUT2D eigenvalue weighted by atomic mass is 10.1. The number of carboxylic acids is 1. The molecule has 130 valence electrons. The summed E-state index contributed by atoms with van der Waals surface area (Å²) in [6.45, 7) is 1.86. The first-order valence-corrected chi connectivity index (χ1v) is 9.18. The van der Waals surface area contributed by atoms with Gasteiger partial charge in [-0.3, -0.25) is 9.69 Å². The highest BCUT2D eigenvalue weighted by Crippen LogP contribution is 2.36. The van der Waals surface area contributed by atoms with Crippen LogP contribution in [0.2, 0.25) is 0 Å². The fourth-order valence-electron chi connectivity index (χ4n) is 3.00. The molecule has 1 aromatic carbocycles. The van der Waals surface area contributed by atoms with Crippen molar-refractivity contribution in [1.82, 2.24) is 9.47 Å². The molecule has 5 nitrogen and oxygen atoms in total. The van der Waals surface area contributed by atoms with E-state index in [1.807, 2.05) is 49.0 Å². The van der Waals surface area contributed by atoms with Gasteiger partial charge in [0.2, 0.25) is 0 Å². The first kappa shape index (κ1) is 17.7. The van der Waals surface area contributed by atoms with E-state index in [1.165, 1.54) is 4.90 Å². The number of fused-ring (bicyclic) bond motifs is 1. The molecule has 25 heavy (non-hydrogen) atoms. The van der Waals surface area contributed by atoms with Gasteiger partial charge >= 0.3 is 0 Å². The number of aromatic nitrogens is 1. The maximum Gasteiger partial charge on any atom is 0.266 e. The summed E-state index contributed by atoms with van der Waals surface area (Å²) in [6, 6.07) is 6.88. The molecule has 1 saturated heterocycles. The van der Waals surface area contributed by atoms with E-state index in [1.54, 1.807) is 6.08 Å². The van der Waals surface area contributed by atoms with E-state index in [2.05, 4.69) is 0 Å². The Morgan fingerprint density at radius 2 is 2.12 bits per heavy atom. The first-order chi connectivity index (χ1) is 11.9. The average Bonchev–Trinajstić information content (AvgIpc) is 3.03. The van der Waals surface area contributed by atoms with E-state index in [9.17, 15) is 14.7 Å². The molecule has 0 radical (unpaired) electrons. The third-order valence-corrected chi connectivity index (χ3v) is 5.51. The number of thioether (sulfide) groups is 1. The normalized spacial score (nSPS) is 17.7. The minimum absolute atomic E-state index is 0.263. The fourth-order valence-corrected chi connectivity index (χ4v) is 4.35. The van der Waals surface area contributed by atoms with Gasteiger partial charge in [0, 0.05) is 29.7 Å². The molecule has 0 N–H and O–H groups in total. The third-order valence-electron chi connectivity index (χ3n) is 4.18. The van der Waals surface area contributed by atoms with Crippen LogP contribution in [0.1, 0.15) is 25.3 Å². The quantitative estimate of drug-likeness (QED) is 0.594. The van der Waals surface area contributed by atoms with Crippen molar-refractivity contribution >= 4 is 57.2 Å². The van der Waals surface area contributed by atoms with E-state index < -0.39 is 12.0 Å². The van der Waals surface area contributed by atoms with Gasteiger partial charge in [0.05, 0.1) is 16.9 Å². The molecule has 1 aromatic heterocycles. The van der Waals surface area contributed by atoms with Gasteiger partial charge < -0.3 is 14.5 Å². The van der Waals surface area contributed by atoms with Crippen LogP contribution in [0.5, 0.6) is 0 Å². The molecule has 0 bridgehead atoms. The fraction of sp³-hybridized carbons (Fsp3) is 0.278. The Kier molecular flexibility index (Phi) is 4.96. The Bertz CT molecular complexity index is 901. The number of hydrogen-bond donors (Lipinski definition) is 0. The van der Waals surface area contributed by atoms with Gasteiger partial charge in [-0.15, -0.1) is 0 Å². The molecule has 1 fully saturated rings. The van der Waals surface area contributed by atoms with E-state index in [0.29, 0.717) is 17.7 Å². The number of carbonyl (C=O) groups excluding carboxylic acids is 2. The molecule has 7 heteroatoms. The van der Waals surface area contributed by atoms with Crippen molar-refractivity contribution in [2.45, 2.75) is 25.8 Å². The van der Waals surface area contributed by atoms with Crippen molar-refractivity contribution < 1.29 is 14.7 Å². The van der Waals surface area contributed by atoms with E-state index in [0.717, 1.165) is 28.2 Å². The Labute approximate surface area is 155 Å². The van der Waals surface area contributed by atoms with Crippen molar-refractivity contribution in [3.05, 3.63) is 40.9 Å². The topological polar surface area (TPSA) is 65.4 Å². The predicted molar refractivity (Wildman–Crippen MR) is 102 cm³/mol. The minimum Gasteiger partial charge on any atom is -0.548 e. The number of hydrogen-bond acceptors (Lipinski definition) is 5. The highest BCUT2D eigenvalue weighted by molar-refractivity contribution is 8.26. The molecule has 3 rings (SSSR count). The predicted octanol–water partition coefficient (Wildman–Crippen LogP) is 2.30. The Morgan fingerprint density at radius 1 is 1.40 bits per heavy atom. The number of carbonyl (C=O) groups is 2. The second-order valence-corrected chi connectivity index (χ2v) is 7.56. The van der Waals surface area contributed by atoms with Crippen LogP contribution in [-0.2, 0) is 16.6 Å². The monoisotopic (exact) mass is 373 g/mol. The van der Waals surface area contributed by atoms with Crippen LogP contribution in [0, 0.1) is 0 Å². The number of rotatable bonds is 5. The van der Waals surface area contributed by atoms with Gasteiger partial charge in [-0.1, -0.05) is 55.5 Å². The van der Waals surface area contributed by atoms with Gasteiger partial charge in [-0.2, -0.15) is 0 Å². The molecule has 0 unspecified atom stereocenters. The van der Waals surface area contributed by atoms with Crippen LogP contribution >= 0.6 is 24.0 Å². The SMILES string of the molecule is CCC[C@@H](C(=O)[O-])N1C(=O)/C(=C\c2cn(C)c3ccccc23)SC1=S. The largest absolute Gasteiger partial charge is 0.548 e. The molecular formula is C18H17N2O3S2-. The summed E-state index contributed by atoms with van der Waals surface area (Å²) in [4.78, 5) is 25.8. The third kappa shape index (κ3) is 3.21. The van der Waals surface area contributed by atoms with E-state index in [4.69, 9.17) is 12.2 Å². The van der Waals surface area contributed by atoms with Gasteiger partial charge in [-0.25, -0.2) is 0 Å². The summed E-state index contributed by atoms with van der Waals surface area (Å²) in [5.74, 6) is -1.64. The van der Waals surface area contributed by atoms with Crippen molar-refractivity contribution in [2.24, 2.45) is 7.05 Å². The zero-order chi connectivity index (χ0) is 18.1. The number of nitrogens with zero attached hydrogens (tertiary/aromatic N) is 2. The van der Waals surface area contributed by atoms with Crippen LogP contribution in [0.4, 0.5) is 0 Å². The molecule has 0 aliphatic carbocycles. The van der Waals surface area contributed by atoms with Crippen LogP contribution in [0.25, 0.3) is 17.0 Å². The number of aryl methyl sites for hydroxylation is 1. The smallest absolute Gasteiger partial charge is 0.266 e. The molecule has 2 heterocycles. The summed E-state index contributed by atoms with van der Waals surface area (Å²) in [7, 11) is 1.94. The van der Waals surface area contributed by atoms with E-state index >= 15 is 0 Å². The average molecular weight is 373 g/mol. The summed E-state index contributed by atoms with van der Waals surface area (Å²) in [5, 5.41) is 12.4. The highest BCUT2D eigenvalue weighted by Gasteiger charge is 2.37. The number of thiocarbonyl (C=S) groups is 1. The number of aliphatic carboxylic acids is 1. The van der Waals surface area contributed by atoms with E-state index in [-0.39, 0.29) is 10.2 Å². The van der Waals surface area contributed by atoms with Crippen molar-refractivity contribution in [2.75, 3.05) is 0 Å². The standard InChI is InChI=1S/C18H18N2O3S2/c1-3-6-14(17(22)23)20-16(21)15(25-18(20)24)9-11-10-19(2)13-8-5-4-7-12(11)13/h4-5,7-10,14H,3,6H2,1-2H3,(H,22,23)/p-1/b15-9+/t14-/m0/s1. The van der Waals surface area contributed by atoms with Gasteiger partial charge in [-0.05, 0) is 18.6 Å². The Hall–Kier alpha value is -2.12. The molecule has 0 spiro atoms. The van der Waals surface area contributed by atoms with Gasteiger partial charge in [0.1, 0.15) is 4.32 Å². The maximum atomic E-state index is 12.7. The second kappa shape index (κ2) is 7.01. The molecule has 1 aliphatic heterocycles. The number of carboxylic acid groups (broad SMARTS) is 1. The Balaban J connectivity index is 1.98. The number of benzene rings is 1. The Morgan fingerprint density at radius 3 is 2.80 bits per heavy atom. The summed E-state index contributed by atoms with van der Waals surface area (Å²) >= 11 is 6.39. The maximum absolute atomic E-state index is 12.7. The highest BCUT2D eigenvalue weighted by atomic mass is 32.2. The molecule has 1 aliphatic rings. The van der Waals surface area contributed by atoms with Crippen LogP contribution in [0.3, 0.4) is 0 Å². The molecule has 1 atom stereocenters. The van der Waals surface area contributed by atoms with Gasteiger partial charge in [0.25, 0.3) is 5.91 Å². The molecule has 2 aromatic rings. The van der Waals surface area contributed by atoms with Crippen LogP contribution in [0.15, 0.2) is 35.4 Å². The van der Waals surface area contributed by atoms with Crippen LogP contribution in [-0.4, -0.2) is 31.7 Å². The zero-order valence-electron chi connectivity index (χ0n) is 13.9. The van der Waals surface area contributed by atoms with Gasteiger partial charge in [0.15, 0.2) is 0 Å². The minimum atomic E-state index is -1.27. The van der Waals surface area contributed by atoms with Crippen LogP contribution < -0.4 is 5.11 Å². The summed E-state index contributed by atoms with van der Waals surface area (Å²) in [6.07, 6.45) is 4.66. The van der Waals surface area contributed by atoms with Crippen molar-refractivity contribution in [3.8, 4) is 0 Å². The van der Waals surface area contributed by atoms with Crippen molar-refractivity contribution in [1.29, 1.82) is 0 Å². The number of para-hydroxylation sites is 1. The lowest BCUT2D eigenvalue weighted by Gasteiger charge is -2.27. The molecule has 0 saturated carbocycles.